The van der Waals surface area contributed by atoms with Crippen molar-refractivity contribution in [1.82, 2.24) is 15.6 Å². The number of rotatable bonds is 7. The molecule has 1 aromatic heterocycles. The van der Waals surface area contributed by atoms with E-state index in [1.807, 2.05) is 12.3 Å². The molecule has 0 amide bonds. The van der Waals surface area contributed by atoms with E-state index in [-0.39, 0.29) is 11.2 Å². The highest BCUT2D eigenvalue weighted by Gasteiger charge is 2.34. The van der Waals surface area contributed by atoms with Gasteiger partial charge < -0.3 is 15.4 Å². The van der Waals surface area contributed by atoms with Crippen LogP contribution in [0.5, 0.6) is 0 Å². The average Bonchev–Trinajstić information content (AvgIpc) is 3.19. The summed E-state index contributed by atoms with van der Waals surface area (Å²) >= 11 is 1.77. The number of thiazole rings is 1. The Kier molecular flexibility index (Phi) is 7.39. The van der Waals surface area contributed by atoms with Gasteiger partial charge in [0.1, 0.15) is 5.82 Å². The lowest BCUT2D eigenvalue weighted by Crippen LogP contribution is -2.48. The number of aliphatic imine (C=N–C) groups is 1. The summed E-state index contributed by atoms with van der Waals surface area (Å²) in [5, 5.41) is 7.95. The molecule has 152 valence electrons. The first kappa shape index (κ1) is 20.7. The minimum atomic E-state index is -0.194. The molecule has 7 heteroatoms. The summed E-state index contributed by atoms with van der Waals surface area (Å²) in [5.41, 5.74) is 0.872. The second-order valence-corrected chi connectivity index (χ2v) is 8.28. The zero-order valence-electron chi connectivity index (χ0n) is 16.6. The van der Waals surface area contributed by atoms with Crippen LogP contribution in [0.15, 0.2) is 35.5 Å². The van der Waals surface area contributed by atoms with E-state index in [1.54, 1.807) is 30.5 Å². The summed E-state index contributed by atoms with van der Waals surface area (Å²) in [5.74, 6) is 0.565. The van der Waals surface area contributed by atoms with Crippen molar-refractivity contribution in [3.8, 4) is 0 Å². The summed E-state index contributed by atoms with van der Waals surface area (Å²) in [6.07, 6.45) is 5.58. The van der Waals surface area contributed by atoms with Crippen LogP contribution in [0.3, 0.4) is 0 Å². The van der Waals surface area contributed by atoms with Crippen LogP contribution >= 0.6 is 11.3 Å². The molecule has 28 heavy (non-hydrogen) atoms. The Morgan fingerprint density at radius 1 is 1.32 bits per heavy atom. The maximum absolute atomic E-state index is 13.8. The van der Waals surface area contributed by atoms with Gasteiger partial charge in [-0.1, -0.05) is 19.1 Å². The number of hydrogen-bond acceptors (Lipinski definition) is 4. The molecule has 0 atom stereocenters. The molecule has 2 aromatic rings. The van der Waals surface area contributed by atoms with Gasteiger partial charge in [-0.3, -0.25) is 4.99 Å². The van der Waals surface area contributed by atoms with Crippen LogP contribution in [0.25, 0.3) is 0 Å². The maximum atomic E-state index is 13.8. The summed E-state index contributed by atoms with van der Waals surface area (Å²) in [4.78, 5) is 10.1. The van der Waals surface area contributed by atoms with Crippen LogP contribution in [0.1, 0.15) is 35.2 Å². The van der Waals surface area contributed by atoms with Gasteiger partial charge in [0.25, 0.3) is 0 Å². The van der Waals surface area contributed by atoms with Gasteiger partial charge in [0.15, 0.2) is 5.96 Å². The lowest BCUT2D eigenvalue weighted by molar-refractivity contribution is 0.0513. The fourth-order valence-electron chi connectivity index (χ4n) is 3.54. The molecular formula is C21H29FN4OS. The number of hydrogen-bond donors (Lipinski definition) is 2. The monoisotopic (exact) mass is 404 g/mol. The van der Waals surface area contributed by atoms with Gasteiger partial charge in [0.2, 0.25) is 0 Å². The lowest BCUT2D eigenvalue weighted by atomic mass is 9.74. The lowest BCUT2D eigenvalue weighted by Gasteiger charge is -2.38. The van der Waals surface area contributed by atoms with E-state index in [2.05, 4.69) is 27.5 Å². The van der Waals surface area contributed by atoms with Crippen LogP contribution in [0.4, 0.5) is 4.39 Å². The molecule has 1 aliphatic rings. The van der Waals surface area contributed by atoms with E-state index < -0.39 is 0 Å². The average molecular weight is 405 g/mol. The number of aromatic nitrogens is 1. The number of aryl methyl sites for hydroxylation is 1. The van der Waals surface area contributed by atoms with E-state index in [1.165, 1.54) is 10.9 Å². The molecule has 0 aliphatic carbocycles. The van der Waals surface area contributed by atoms with Gasteiger partial charge in [-0.15, -0.1) is 11.3 Å². The molecule has 0 radical (unpaired) electrons. The number of ether oxygens (including phenoxy) is 1. The summed E-state index contributed by atoms with van der Waals surface area (Å²) in [7, 11) is 1.77. The number of halogens is 1. The van der Waals surface area contributed by atoms with Gasteiger partial charge in [-0.05, 0) is 37.0 Å². The Labute approximate surface area is 170 Å². The fraction of sp³-hybridized carbons (Fsp3) is 0.524. The topological polar surface area (TPSA) is 58.5 Å². The third-order valence-corrected chi connectivity index (χ3v) is 6.49. The Balaban J connectivity index is 1.58. The predicted octanol–water partition coefficient (Wildman–Crippen LogP) is 3.30. The normalized spacial score (nSPS) is 16.8. The van der Waals surface area contributed by atoms with Crippen LogP contribution in [-0.2, 0) is 23.0 Å². The Bertz CT molecular complexity index is 786. The summed E-state index contributed by atoms with van der Waals surface area (Å²) in [6.45, 7) is 4.98. The van der Waals surface area contributed by atoms with Crippen LogP contribution < -0.4 is 10.6 Å². The third-order valence-electron chi connectivity index (χ3n) is 5.29. The number of guanidine groups is 1. The molecule has 0 spiro atoms. The smallest absolute Gasteiger partial charge is 0.191 e. The molecule has 1 saturated heterocycles. The molecule has 1 aliphatic heterocycles. The van der Waals surface area contributed by atoms with Crippen molar-refractivity contribution in [3.05, 3.63) is 51.7 Å². The second kappa shape index (κ2) is 9.98. The van der Waals surface area contributed by atoms with Gasteiger partial charge in [0, 0.05) is 56.3 Å². The third kappa shape index (κ3) is 5.29. The highest BCUT2D eigenvalue weighted by atomic mass is 32.1. The molecule has 3 rings (SSSR count). The zero-order valence-corrected chi connectivity index (χ0v) is 17.4. The largest absolute Gasteiger partial charge is 0.381 e. The van der Waals surface area contributed by atoms with Crippen molar-refractivity contribution >= 4 is 17.3 Å². The SMILES string of the molecule is CCc1cnc(CCNC(=NC)NCC2(c3cccc(F)c3)CCOCC2)s1. The van der Waals surface area contributed by atoms with Crippen molar-refractivity contribution in [3.63, 3.8) is 0 Å². The van der Waals surface area contributed by atoms with E-state index in [0.717, 1.165) is 48.8 Å². The molecule has 1 aromatic carbocycles. The van der Waals surface area contributed by atoms with E-state index in [4.69, 9.17) is 4.74 Å². The fourth-order valence-corrected chi connectivity index (χ4v) is 4.40. The maximum Gasteiger partial charge on any atom is 0.191 e. The quantitative estimate of drug-likeness (QED) is 0.549. The molecule has 2 heterocycles. The highest BCUT2D eigenvalue weighted by Crippen LogP contribution is 2.34. The Morgan fingerprint density at radius 3 is 2.82 bits per heavy atom. The zero-order chi connectivity index (χ0) is 19.8. The number of benzene rings is 1. The first-order valence-corrected chi connectivity index (χ1v) is 10.7. The van der Waals surface area contributed by atoms with Gasteiger partial charge in [-0.2, -0.15) is 0 Å². The van der Waals surface area contributed by atoms with E-state index >= 15 is 0 Å². The predicted molar refractivity (Wildman–Crippen MR) is 113 cm³/mol. The Hall–Kier alpha value is -1.99. The van der Waals surface area contributed by atoms with Crippen LogP contribution in [0.2, 0.25) is 0 Å². The summed E-state index contributed by atoms with van der Waals surface area (Å²) in [6, 6.07) is 6.94. The van der Waals surface area contributed by atoms with Crippen LogP contribution in [0, 0.1) is 5.82 Å². The molecule has 5 nitrogen and oxygen atoms in total. The molecule has 1 fully saturated rings. The standard InChI is InChI=1S/C21H29FN4OS/c1-3-18-14-25-19(28-18)7-10-24-20(23-2)26-15-21(8-11-27-12-9-21)16-5-4-6-17(22)13-16/h4-6,13-14H,3,7-12,15H2,1-2H3,(H2,23,24,26). The second-order valence-electron chi connectivity index (χ2n) is 7.08. The molecular weight excluding hydrogens is 375 g/mol. The van der Waals surface area contributed by atoms with Gasteiger partial charge in [-0.25, -0.2) is 9.37 Å². The Morgan fingerprint density at radius 2 is 2.14 bits per heavy atom. The van der Waals surface area contributed by atoms with Crippen molar-refractivity contribution in [2.24, 2.45) is 4.99 Å². The van der Waals surface area contributed by atoms with Crippen molar-refractivity contribution in [1.29, 1.82) is 0 Å². The number of nitrogens with zero attached hydrogens (tertiary/aromatic N) is 2. The molecule has 2 N–H and O–H groups in total. The van der Waals surface area contributed by atoms with E-state index in [0.29, 0.717) is 19.8 Å². The first-order valence-electron chi connectivity index (χ1n) is 9.87. The highest BCUT2D eigenvalue weighted by molar-refractivity contribution is 7.11. The molecule has 0 unspecified atom stereocenters. The van der Waals surface area contributed by atoms with Gasteiger partial charge in [0.05, 0.1) is 5.01 Å². The minimum Gasteiger partial charge on any atom is -0.381 e. The van der Waals surface area contributed by atoms with Crippen molar-refractivity contribution in [2.75, 3.05) is 33.4 Å². The van der Waals surface area contributed by atoms with Gasteiger partial charge >= 0.3 is 0 Å². The van der Waals surface area contributed by atoms with E-state index in [9.17, 15) is 4.39 Å². The van der Waals surface area contributed by atoms with Crippen molar-refractivity contribution in [2.45, 2.75) is 38.0 Å². The first-order chi connectivity index (χ1) is 13.6. The molecule has 0 bridgehead atoms. The minimum absolute atomic E-state index is 0.149. The van der Waals surface area contributed by atoms with Crippen LogP contribution in [-0.4, -0.2) is 44.3 Å². The number of nitrogens with one attached hydrogen (secondary N) is 2. The summed E-state index contributed by atoms with van der Waals surface area (Å²) < 4.78 is 19.4. The molecule has 0 saturated carbocycles. The van der Waals surface area contributed by atoms with Crippen molar-refractivity contribution < 1.29 is 9.13 Å².